The third-order valence-corrected chi connectivity index (χ3v) is 5.04. The molecule has 0 bridgehead atoms. The molecule has 5 nitrogen and oxygen atoms in total. The van der Waals surface area contributed by atoms with Crippen molar-refractivity contribution in [2.24, 2.45) is 0 Å². The first-order valence-electron chi connectivity index (χ1n) is 9.03. The van der Waals surface area contributed by atoms with Gasteiger partial charge in [0.25, 0.3) is 0 Å². The maximum atomic E-state index is 4.61. The van der Waals surface area contributed by atoms with Gasteiger partial charge in [0.1, 0.15) is 0 Å². The number of hydrogen-bond acceptors (Lipinski definition) is 3. The molecule has 2 aromatic heterocycles. The third kappa shape index (κ3) is 3.51. The molecule has 1 aliphatic rings. The highest BCUT2D eigenvalue weighted by atomic mass is 15.3. The lowest BCUT2D eigenvalue weighted by Gasteiger charge is -2.32. The number of rotatable bonds is 4. The van der Waals surface area contributed by atoms with Gasteiger partial charge in [-0.15, -0.1) is 0 Å². The quantitative estimate of drug-likeness (QED) is 0.793. The van der Waals surface area contributed by atoms with Crippen LogP contribution in [0.1, 0.15) is 41.4 Å². The number of H-pyrrole nitrogens is 1. The van der Waals surface area contributed by atoms with Crippen molar-refractivity contribution in [3.8, 4) is 5.69 Å². The van der Waals surface area contributed by atoms with Crippen LogP contribution < -0.4 is 0 Å². The van der Waals surface area contributed by atoms with Crippen LogP contribution >= 0.6 is 0 Å². The van der Waals surface area contributed by atoms with E-state index in [1.807, 2.05) is 17.8 Å². The molecule has 3 heterocycles. The number of aromatic amines is 1. The Hall–Kier alpha value is -2.40. The summed E-state index contributed by atoms with van der Waals surface area (Å²) in [6.07, 6.45) is 4.33. The van der Waals surface area contributed by atoms with Gasteiger partial charge in [0.15, 0.2) is 0 Å². The molecule has 1 aromatic carbocycles. The summed E-state index contributed by atoms with van der Waals surface area (Å²) in [6, 6.07) is 13.0. The van der Waals surface area contributed by atoms with E-state index in [0.29, 0.717) is 5.92 Å². The largest absolute Gasteiger partial charge is 0.298 e. The van der Waals surface area contributed by atoms with Crippen LogP contribution in [0.5, 0.6) is 0 Å². The molecule has 1 N–H and O–H groups in total. The van der Waals surface area contributed by atoms with Crippen LogP contribution in [-0.2, 0) is 6.54 Å². The Balaban J connectivity index is 1.49. The van der Waals surface area contributed by atoms with E-state index in [1.165, 1.54) is 29.8 Å². The summed E-state index contributed by atoms with van der Waals surface area (Å²) in [6.45, 7) is 7.38. The molecule has 3 aromatic rings. The fraction of sp³-hybridized carbons (Fsp3) is 0.400. The Morgan fingerprint density at radius 2 is 2.12 bits per heavy atom. The van der Waals surface area contributed by atoms with E-state index in [9.17, 15) is 0 Å². The Morgan fingerprint density at radius 3 is 2.88 bits per heavy atom. The molecule has 0 radical (unpaired) electrons. The molecule has 1 saturated heterocycles. The minimum Gasteiger partial charge on any atom is -0.298 e. The van der Waals surface area contributed by atoms with Crippen molar-refractivity contribution in [2.75, 3.05) is 13.1 Å². The fourth-order valence-corrected chi connectivity index (χ4v) is 3.88. The van der Waals surface area contributed by atoms with Crippen molar-refractivity contribution in [3.63, 3.8) is 0 Å². The van der Waals surface area contributed by atoms with Crippen molar-refractivity contribution in [1.82, 2.24) is 24.9 Å². The Labute approximate surface area is 148 Å². The standard InChI is InChI=1S/C20H25N5/c1-15-11-16(2)25(23-15)19-7-3-5-17(12-19)13-24-10-4-6-18(14-24)20-8-9-21-22-20/h3,5,7-9,11-12,18H,4,6,10,13-14H2,1-2H3,(H,21,22)/t18-/m1/s1. The Kier molecular flexibility index (Phi) is 4.40. The summed E-state index contributed by atoms with van der Waals surface area (Å²) >= 11 is 0. The number of hydrogen-bond donors (Lipinski definition) is 1. The Bertz CT molecular complexity index is 834. The topological polar surface area (TPSA) is 49.7 Å². The number of nitrogens with zero attached hydrogens (tertiary/aromatic N) is 4. The minimum atomic E-state index is 0.565. The predicted molar refractivity (Wildman–Crippen MR) is 98.9 cm³/mol. The number of piperidine rings is 1. The van der Waals surface area contributed by atoms with Crippen LogP contribution in [0.2, 0.25) is 0 Å². The van der Waals surface area contributed by atoms with Gasteiger partial charge in [-0.05, 0) is 63.1 Å². The molecule has 0 saturated carbocycles. The highest BCUT2D eigenvalue weighted by Gasteiger charge is 2.22. The molecule has 5 heteroatoms. The second kappa shape index (κ2) is 6.84. The lowest BCUT2D eigenvalue weighted by molar-refractivity contribution is 0.198. The van der Waals surface area contributed by atoms with Crippen LogP contribution in [0.25, 0.3) is 5.69 Å². The first-order chi connectivity index (χ1) is 12.2. The first-order valence-corrected chi connectivity index (χ1v) is 9.03. The maximum absolute atomic E-state index is 4.61. The molecule has 1 fully saturated rings. The van der Waals surface area contributed by atoms with E-state index in [-0.39, 0.29) is 0 Å². The van der Waals surface area contributed by atoms with E-state index in [4.69, 9.17) is 0 Å². The molecule has 1 aliphatic heterocycles. The number of benzene rings is 1. The van der Waals surface area contributed by atoms with Crippen molar-refractivity contribution < 1.29 is 0 Å². The summed E-state index contributed by atoms with van der Waals surface area (Å²) in [5.41, 5.74) is 5.98. The van der Waals surface area contributed by atoms with Gasteiger partial charge < -0.3 is 0 Å². The number of likely N-dealkylation sites (tertiary alicyclic amines) is 1. The highest BCUT2D eigenvalue weighted by Crippen LogP contribution is 2.26. The van der Waals surface area contributed by atoms with Crippen molar-refractivity contribution in [2.45, 2.75) is 39.2 Å². The first kappa shape index (κ1) is 16.1. The normalized spacial score (nSPS) is 18.6. The van der Waals surface area contributed by atoms with Crippen LogP contribution in [0.4, 0.5) is 0 Å². The van der Waals surface area contributed by atoms with Gasteiger partial charge in [-0.1, -0.05) is 12.1 Å². The maximum Gasteiger partial charge on any atom is 0.0651 e. The van der Waals surface area contributed by atoms with Gasteiger partial charge in [0, 0.05) is 36.6 Å². The summed E-state index contributed by atoms with van der Waals surface area (Å²) in [5.74, 6) is 0.565. The van der Waals surface area contributed by atoms with Crippen molar-refractivity contribution >= 4 is 0 Å². The van der Waals surface area contributed by atoms with Crippen LogP contribution in [0.15, 0.2) is 42.6 Å². The monoisotopic (exact) mass is 335 g/mol. The van der Waals surface area contributed by atoms with Gasteiger partial charge in [0.2, 0.25) is 0 Å². The lowest BCUT2D eigenvalue weighted by atomic mass is 9.94. The molecule has 25 heavy (non-hydrogen) atoms. The molecule has 0 amide bonds. The highest BCUT2D eigenvalue weighted by molar-refractivity contribution is 5.37. The Morgan fingerprint density at radius 1 is 1.20 bits per heavy atom. The predicted octanol–water partition coefficient (Wildman–Crippen LogP) is 3.59. The average Bonchev–Trinajstić information content (AvgIpc) is 3.25. The van der Waals surface area contributed by atoms with Gasteiger partial charge in [-0.25, -0.2) is 4.68 Å². The fourth-order valence-electron chi connectivity index (χ4n) is 3.88. The van der Waals surface area contributed by atoms with Crippen LogP contribution in [0, 0.1) is 13.8 Å². The third-order valence-electron chi connectivity index (χ3n) is 5.04. The van der Waals surface area contributed by atoms with Gasteiger partial charge in [-0.3, -0.25) is 10.00 Å². The second-order valence-electron chi connectivity index (χ2n) is 7.10. The van der Waals surface area contributed by atoms with E-state index < -0.39 is 0 Å². The van der Waals surface area contributed by atoms with Crippen molar-refractivity contribution in [3.05, 3.63) is 65.2 Å². The van der Waals surface area contributed by atoms with Crippen molar-refractivity contribution in [1.29, 1.82) is 0 Å². The molecule has 0 aliphatic carbocycles. The molecular weight excluding hydrogens is 310 g/mol. The second-order valence-corrected chi connectivity index (χ2v) is 7.10. The summed E-state index contributed by atoms with van der Waals surface area (Å²) in [4.78, 5) is 2.55. The smallest absolute Gasteiger partial charge is 0.0651 e. The van der Waals surface area contributed by atoms with Crippen LogP contribution in [-0.4, -0.2) is 38.0 Å². The molecule has 0 spiro atoms. The zero-order valence-electron chi connectivity index (χ0n) is 14.9. The van der Waals surface area contributed by atoms with E-state index >= 15 is 0 Å². The summed E-state index contributed by atoms with van der Waals surface area (Å²) in [5, 5.41) is 11.9. The average molecular weight is 335 g/mol. The molecule has 1 atom stereocenters. The van der Waals surface area contributed by atoms with E-state index in [2.05, 4.69) is 63.5 Å². The number of nitrogens with one attached hydrogen (secondary N) is 1. The van der Waals surface area contributed by atoms with Gasteiger partial charge in [0.05, 0.1) is 11.4 Å². The zero-order valence-corrected chi connectivity index (χ0v) is 14.9. The zero-order chi connectivity index (χ0) is 17.2. The number of aromatic nitrogens is 4. The minimum absolute atomic E-state index is 0.565. The summed E-state index contributed by atoms with van der Waals surface area (Å²) < 4.78 is 2.03. The summed E-state index contributed by atoms with van der Waals surface area (Å²) in [7, 11) is 0. The van der Waals surface area contributed by atoms with Gasteiger partial charge in [-0.2, -0.15) is 10.2 Å². The van der Waals surface area contributed by atoms with Crippen LogP contribution in [0.3, 0.4) is 0 Å². The molecule has 0 unspecified atom stereocenters. The van der Waals surface area contributed by atoms with Gasteiger partial charge >= 0.3 is 0 Å². The lowest BCUT2D eigenvalue weighted by Crippen LogP contribution is -2.34. The SMILES string of the molecule is Cc1cc(C)n(-c2cccc(CN3CCC[C@@H](c4ccn[nH]4)C3)c2)n1. The molecule has 4 rings (SSSR count). The molecule has 130 valence electrons. The molecular formula is C20H25N5. The van der Waals surface area contributed by atoms with E-state index in [1.54, 1.807) is 0 Å². The number of aryl methyl sites for hydroxylation is 2. The van der Waals surface area contributed by atoms with E-state index in [0.717, 1.165) is 31.0 Å².